The minimum Gasteiger partial charge on any atom is -0.353 e. The number of halogens is 1. The van der Waals surface area contributed by atoms with Gasteiger partial charge in [-0.15, -0.1) is 0 Å². The Morgan fingerprint density at radius 1 is 0.971 bits per heavy atom. The third kappa shape index (κ3) is 5.68. The summed E-state index contributed by atoms with van der Waals surface area (Å²) >= 11 is 6.06. The lowest BCUT2D eigenvalue weighted by molar-refractivity contribution is 0.208. The minimum absolute atomic E-state index is 0.0617. The van der Waals surface area contributed by atoms with Crippen molar-refractivity contribution in [1.82, 2.24) is 14.9 Å². The first-order chi connectivity index (χ1) is 16.3. The largest absolute Gasteiger partial charge is 0.353 e. The van der Waals surface area contributed by atoms with Crippen molar-refractivity contribution >= 4 is 29.1 Å². The van der Waals surface area contributed by atoms with Crippen LogP contribution >= 0.6 is 11.6 Å². The highest BCUT2D eigenvalue weighted by atomic mass is 35.5. The summed E-state index contributed by atoms with van der Waals surface area (Å²) in [5.41, 5.74) is 5.36. The molecule has 34 heavy (non-hydrogen) atoms. The monoisotopic (exact) mass is 477 g/mol. The molecule has 2 amide bonds. The van der Waals surface area contributed by atoms with Gasteiger partial charge in [-0.05, 0) is 55.2 Å². The van der Waals surface area contributed by atoms with Crippen LogP contribution in [0.1, 0.15) is 48.0 Å². The molecular weight excluding hydrogens is 446 g/mol. The summed E-state index contributed by atoms with van der Waals surface area (Å²) < 4.78 is 0. The molecule has 1 aromatic heterocycles. The topological polar surface area (TPSA) is 61.4 Å². The van der Waals surface area contributed by atoms with Gasteiger partial charge in [0.1, 0.15) is 11.6 Å². The first-order valence-corrected chi connectivity index (χ1v) is 12.2. The first-order valence-electron chi connectivity index (χ1n) is 11.8. The summed E-state index contributed by atoms with van der Waals surface area (Å²) in [5, 5.41) is 3.76. The number of aryl methyl sites for hydroxylation is 2. The molecule has 0 unspecified atom stereocenters. The van der Waals surface area contributed by atoms with Crippen molar-refractivity contribution in [3.8, 4) is 0 Å². The predicted octanol–water partition coefficient (Wildman–Crippen LogP) is 5.82. The van der Waals surface area contributed by atoms with Crippen molar-refractivity contribution in [3.05, 3.63) is 81.8 Å². The van der Waals surface area contributed by atoms with Gasteiger partial charge in [0, 0.05) is 54.6 Å². The second-order valence-corrected chi connectivity index (χ2v) is 9.58. The molecule has 1 saturated heterocycles. The molecule has 0 radical (unpaired) electrons. The van der Waals surface area contributed by atoms with Gasteiger partial charge in [-0.25, -0.2) is 14.8 Å². The Bertz CT molecular complexity index is 1140. The van der Waals surface area contributed by atoms with E-state index in [0.717, 1.165) is 53.1 Å². The molecule has 1 aliphatic rings. The highest BCUT2D eigenvalue weighted by Crippen LogP contribution is 2.26. The average molecular weight is 478 g/mol. The molecule has 178 valence electrons. The van der Waals surface area contributed by atoms with E-state index in [1.54, 1.807) is 0 Å². The number of amides is 2. The maximum Gasteiger partial charge on any atom is 0.321 e. The average Bonchev–Trinajstić information content (AvgIpc) is 2.82. The number of carbonyl (C=O) groups excluding carboxylic acids is 1. The SMILES string of the molecule is Cc1nc(C)c(Cc2ccc(Cl)cc2)c(N2CCN(C(=O)Nc3ccc(C(C)C)cc3)CC2)n1. The molecule has 7 heteroatoms. The van der Waals surface area contributed by atoms with Gasteiger partial charge in [-0.2, -0.15) is 0 Å². The van der Waals surface area contributed by atoms with Crippen LogP contribution in [-0.2, 0) is 6.42 Å². The van der Waals surface area contributed by atoms with E-state index >= 15 is 0 Å². The molecule has 4 rings (SSSR count). The highest BCUT2D eigenvalue weighted by molar-refractivity contribution is 6.30. The van der Waals surface area contributed by atoms with Crippen LogP contribution in [0, 0.1) is 13.8 Å². The van der Waals surface area contributed by atoms with Gasteiger partial charge in [0.25, 0.3) is 0 Å². The summed E-state index contributed by atoms with van der Waals surface area (Å²) in [6, 6.07) is 15.9. The summed E-state index contributed by atoms with van der Waals surface area (Å²) in [7, 11) is 0. The Morgan fingerprint density at radius 2 is 1.62 bits per heavy atom. The normalized spacial score (nSPS) is 13.9. The molecule has 1 N–H and O–H groups in total. The van der Waals surface area contributed by atoms with Crippen molar-refractivity contribution in [3.63, 3.8) is 0 Å². The zero-order valence-corrected chi connectivity index (χ0v) is 21.1. The number of nitrogens with one attached hydrogen (secondary N) is 1. The number of piperazine rings is 1. The van der Waals surface area contributed by atoms with Crippen LogP contribution in [0.5, 0.6) is 0 Å². The smallest absolute Gasteiger partial charge is 0.321 e. The number of nitrogens with zero attached hydrogens (tertiary/aromatic N) is 4. The molecule has 1 fully saturated rings. The number of urea groups is 1. The maximum atomic E-state index is 12.8. The predicted molar refractivity (Wildman–Crippen MR) is 139 cm³/mol. The Morgan fingerprint density at radius 3 is 2.24 bits per heavy atom. The first kappa shape index (κ1) is 24.0. The van der Waals surface area contributed by atoms with Gasteiger partial charge >= 0.3 is 6.03 Å². The van der Waals surface area contributed by atoms with E-state index in [0.29, 0.717) is 19.0 Å². The summed E-state index contributed by atoms with van der Waals surface area (Å²) in [4.78, 5) is 26.4. The van der Waals surface area contributed by atoms with E-state index in [1.807, 2.05) is 55.1 Å². The Kier molecular flexibility index (Phi) is 7.37. The second kappa shape index (κ2) is 10.4. The quantitative estimate of drug-likeness (QED) is 0.503. The molecule has 2 aromatic carbocycles. The third-order valence-electron chi connectivity index (χ3n) is 6.29. The van der Waals surface area contributed by atoms with Gasteiger partial charge in [0.15, 0.2) is 0 Å². The number of aromatic nitrogens is 2. The standard InChI is InChI=1S/C27H32ClN5O/c1-18(2)22-7-11-24(12-8-22)31-27(34)33-15-13-32(14-16-33)26-25(19(3)29-20(4)30-26)17-21-5-9-23(28)10-6-21/h5-12,18H,13-17H2,1-4H3,(H,31,34). The lowest BCUT2D eigenvalue weighted by atomic mass is 10.0. The third-order valence-corrected chi connectivity index (χ3v) is 6.55. The zero-order valence-electron chi connectivity index (χ0n) is 20.3. The lowest BCUT2D eigenvalue weighted by Crippen LogP contribution is -2.50. The summed E-state index contributed by atoms with van der Waals surface area (Å²) in [5.74, 6) is 2.19. The molecule has 1 aliphatic heterocycles. The summed E-state index contributed by atoms with van der Waals surface area (Å²) in [6.07, 6.45) is 0.742. The van der Waals surface area contributed by atoms with Crippen molar-refractivity contribution in [1.29, 1.82) is 0 Å². The number of hydrogen-bond donors (Lipinski definition) is 1. The fourth-order valence-corrected chi connectivity index (χ4v) is 4.39. The van der Waals surface area contributed by atoms with E-state index in [1.165, 1.54) is 11.1 Å². The van der Waals surface area contributed by atoms with E-state index < -0.39 is 0 Å². The number of rotatable bonds is 5. The van der Waals surface area contributed by atoms with Crippen molar-refractivity contribution < 1.29 is 4.79 Å². The molecule has 0 saturated carbocycles. The maximum absolute atomic E-state index is 12.8. The molecule has 0 atom stereocenters. The zero-order chi connectivity index (χ0) is 24.2. The Hall–Kier alpha value is -3.12. The highest BCUT2D eigenvalue weighted by Gasteiger charge is 2.25. The van der Waals surface area contributed by atoms with Gasteiger partial charge in [0.05, 0.1) is 0 Å². The van der Waals surface area contributed by atoms with Crippen molar-refractivity contribution in [2.45, 2.75) is 40.0 Å². The molecule has 3 aromatic rings. The van der Waals surface area contributed by atoms with Crippen LogP contribution in [0.2, 0.25) is 5.02 Å². The van der Waals surface area contributed by atoms with Crippen molar-refractivity contribution in [2.24, 2.45) is 0 Å². The fraction of sp³-hybridized carbons (Fsp3) is 0.370. The molecule has 0 aliphatic carbocycles. The number of hydrogen-bond acceptors (Lipinski definition) is 4. The lowest BCUT2D eigenvalue weighted by Gasteiger charge is -2.36. The van der Waals surface area contributed by atoms with Crippen molar-refractivity contribution in [2.75, 3.05) is 36.4 Å². The van der Waals surface area contributed by atoms with Gasteiger partial charge in [-0.3, -0.25) is 0 Å². The van der Waals surface area contributed by atoms with Crippen LogP contribution in [0.4, 0.5) is 16.3 Å². The number of anilines is 2. The molecule has 6 nitrogen and oxygen atoms in total. The van der Waals surface area contributed by atoms with E-state index in [2.05, 4.69) is 41.2 Å². The molecule has 0 bridgehead atoms. The van der Waals surface area contributed by atoms with Gasteiger partial charge in [-0.1, -0.05) is 49.7 Å². The van der Waals surface area contributed by atoms with Gasteiger partial charge < -0.3 is 15.1 Å². The Balaban J connectivity index is 1.43. The summed E-state index contributed by atoms with van der Waals surface area (Å²) in [6.45, 7) is 11.0. The number of benzene rings is 2. The molecule has 2 heterocycles. The molecule has 0 spiro atoms. The van der Waals surface area contributed by atoms with Crippen LogP contribution in [0.3, 0.4) is 0 Å². The van der Waals surface area contributed by atoms with Crippen LogP contribution in [0.15, 0.2) is 48.5 Å². The minimum atomic E-state index is -0.0617. The van der Waals surface area contributed by atoms with E-state index in [9.17, 15) is 4.79 Å². The van der Waals surface area contributed by atoms with E-state index in [-0.39, 0.29) is 6.03 Å². The van der Waals surface area contributed by atoms with Gasteiger partial charge in [0.2, 0.25) is 0 Å². The fourth-order valence-electron chi connectivity index (χ4n) is 4.27. The van der Waals surface area contributed by atoms with E-state index in [4.69, 9.17) is 16.6 Å². The Labute approximate surface area is 207 Å². The van der Waals surface area contributed by atoms with Crippen LogP contribution in [0.25, 0.3) is 0 Å². The second-order valence-electron chi connectivity index (χ2n) is 9.14. The number of carbonyl (C=O) groups is 1. The van der Waals surface area contributed by atoms with Crippen LogP contribution in [-0.4, -0.2) is 47.1 Å². The molecular formula is C27H32ClN5O. The van der Waals surface area contributed by atoms with Crippen LogP contribution < -0.4 is 10.2 Å².